The third-order valence-electron chi connectivity index (χ3n) is 5.03. The van der Waals surface area contributed by atoms with Crippen LogP contribution in [0.25, 0.3) is 0 Å². The molecule has 3 aromatic carbocycles. The van der Waals surface area contributed by atoms with Gasteiger partial charge in [0.25, 0.3) is 0 Å². The predicted octanol–water partition coefficient (Wildman–Crippen LogP) is 5.78. The van der Waals surface area contributed by atoms with Crippen LogP contribution in [0.15, 0.2) is 82.6 Å². The summed E-state index contributed by atoms with van der Waals surface area (Å²) in [5.41, 5.74) is 1.67. The lowest BCUT2D eigenvalue weighted by atomic mass is 10.1. The van der Waals surface area contributed by atoms with Gasteiger partial charge in [-0.3, -0.25) is 4.79 Å². The van der Waals surface area contributed by atoms with Gasteiger partial charge in [0.1, 0.15) is 4.90 Å². The fourth-order valence-corrected chi connectivity index (χ4v) is 5.78. The van der Waals surface area contributed by atoms with E-state index in [-0.39, 0.29) is 34.1 Å². The van der Waals surface area contributed by atoms with Gasteiger partial charge in [-0.15, -0.1) is 11.8 Å². The Morgan fingerprint density at radius 2 is 1.70 bits per heavy atom. The van der Waals surface area contributed by atoms with Crippen LogP contribution in [0.1, 0.15) is 24.1 Å². The van der Waals surface area contributed by atoms with Gasteiger partial charge < -0.3 is 5.32 Å². The molecule has 3 rings (SSSR count). The number of nitrogens with zero attached hydrogens (tertiary/aromatic N) is 1. The molecule has 5 nitrogen and oxygen atoms in total. The molecule has 0 aromatic heterocycles. The molecule has 1 amide bonds. The Hall–Kier alpha value is -2.03. The molecule has 0 spiro atoms. The van der Waals surface area contributed by atoms with Crippen LogP contribution in [0.3, 0.4) is 0 Å². The number of sulfonamides is 1. The van der Waals surface area contributed by atoms with Crippen molar-refractivity contribution in [2.24, 2.45) is 0 Å². The summed E-state index contributed by atoms with van der Waals surface area (Å²) in [7, 11) is -4.10. The number of carbonyl (C=O) groups is 1. The Morgan fingerprint density at radius 1 is 1.03 bits per heavy atom. The fourth-order valence-electron chi connectivity index (χ4n) is 3.25. The van der Waals surface area contributed by atoms with E-state index in [1.54, 1.807) is 23.9 Å². The number of nitrogens with one attached hydrogen (secondary N) is 1. The quantitative estimate of drug-likeness (QED) is 0.361. The summed E-state index contributed by atoms with van der Waals surface area (Å²) in [4.78, 5) is 13.9. The summed E-state index contributed by atoms with van der Waals surface area (Å²) >= 11 is 13.9. The Labute approximate surface area is 209 Å². The summed E-state index contributed by atoms with van der Waals surface area (Å²) in [5, 5.41) is 3.17. The van der Waals surface area contributed by atoms with Crippen LogP contribution in [0.4, 0.5) is 0 Å². The first-order valence-corrected chi connectivity index (χ1v) is 13.5. The largest absolute Gasteiger partial charge is 0.348 e. The molecular formula is C24H24Cl2N2O3S2. The van der Waals surface area contributed by atoms with Crippen LogP contribution in [0.2, 0.25) is 10.0 Å². The lowest BCUT2D eigenvalue weighted by molar-refractivity contribution is -0.122. The van der Waals surface area contributed by atoms with Crippen molar-refractivity contribution in [3.63, 3.8) is 0 Å². The maximum absolute atomic E-state index is 13.5. The van der Waals surface area contributed by atoms with E-state index in [0.29, 0.717) is 0 Å². The Balaban J connectivity index is 1.84. The van der Waals surface area contributed by atoms with Gasteiger partial charge in [0.05, 0.1) is 17.6 Å². The first-order chi connectivity index (χ1) is 15.7. The number of amides is 1. The molecule has 1 N–H and O–H groups in total. The molecule has 9 heteroatoms. The molecule has 0 saturated carbocycles. The third-order valence-corrected chi connectivity index (χ3v) is 8.28. The second-order valence-corrected chi connectivity index (χ2v) is 11.0. The number of carbonyl (C=O) groups excluding carboxylic acids is 1. The number of hydrogen-bond donors (Lipinski definition) is 1. The first-order valence-electron chi connectivity index (χ1n) is 10.1. The van der Waals surface area contributed by atoms with E-state index in [1.165, 1.54) is 18.2 Å². The minimum atomic E-state index is -4.10. The highest BCUT2D eigenvalue weighted by Gasteiger charge is 2.29. The van der Waals surface area contributed by atoms with Crippen molar-refractivity contribution < 1.29 is 13.2 Å². The topological polar surface area (TPSA) is 66.5 Å². The molecule has 0 radical (unpaired) electrons. The minimum Gasteiger partial charge on any atom is -0.348 e. The van der Waals surface area contributed by atoms with Crippen LogP contribution in [-0.4, -0.2) is 31.4 Å². The van der Waals surface area contributed by atoms with Gasteiger partial charge in [-0.05, 0) is 54.6 Å². The fraction of sp³-hybridized carbons (Fsp3) is 0.208. The molecule has 0 unspecified atom stereocenters. The molecule has 1 atom stereocenters. The van der Waals surface area contributed by atoms with Crippen molar-refractivity contribution in [1.29, 1.82) is 0 Å². The van der Waals surface area contributed by atoms with E-state index in [2.05, 4.69) is 5.32 Å². The Kier molecular flexibility index (Phi) is 8.84. The van der Waals surface area contributed by atoms with Gasteiger partial charge in [0, 0.05) is 16.5 Å². The predicted molar refractivity (Wildman–Crippen MR) is 135 cm³/mol. The summed E-state index contributed by atoms with van der Waals surface area (Å²) in [6, 6.07) is 20.9. The lowest BCUT2D eigenvalue weighted by Gasteiger charge is -2.24. The number of thioether (sulfide) groups is 1. The molecule has 0 aliphatic carbocycles. The van der Waals surface area contributed by atoms with Crippen molar-refractivity contribution in [1.82, 2.24) is 9.62 Å². The van der Waals surface area contributed by atoms with Crippen molar-refractivity contribution in [2.75, 3.05) is 12.8 Å². The Morgan fingerprint density at radius 3 is 2.33 bits per heavy atom. The van der Waals surface area contributed by atoms with E-state index >= 15 is 0 Å². The molecule has 3 aromatic rings. The highest BCUT2D eigenvalue weighted by Crippen LogP contribution is 2.28. The monoisotopic (exact) mass is 522 g/mol. The number of benzene rings is 3. The molecule has 0 saturated heterocycles. The van der Waals surface area contributed by atoms with E-state index in [0.717, 1.165) is 20.3 Å². The zero-order valence-corrected chi connectivity index (χ0v) is 21.3. The molecule has 0 heterocycles. The zero-order chi connectivity index (χ0) is 24.0. The second kappa shape index (κ2) is 11.4. The third kappa shape index (κ3) is 6.74. The van der Waals surface area contributed by atoms with Gasteiger partial charge in [0.15, 0.2) is 0 Å². The van der Waals surface area contributed by atoms with Crippen LogP contribution >= 0.6 is 35.0 Å². The molecule has 0 aliphatic rings. The maximum atomic E-state index is 13.5. The SMILES string of the molecule is CSc1ccc([C@@H](C)NC(=O)CN(Cc2ccccc2)S(=O)(=O)c2cc(Cl)ccc2Cl)cc1. The van der Waals surface area contributed by atoms with Crippen molar-refractivity contribution in [3.05, 3.63) is 94.0 Å². The highest BCUT2D eigenvalue weighted by molar-refractivity contribution is 7.98. The van der Waals surface area contributed by atoms with E-state index in [9.17, 15) is 13.2 Å². The normalized spacial score (nSPS) is 12.5. The Bertz CT molecular complexity index is 1200. The minimum absolute atomic E-state index is 0.0102. The van der Waals surface area contributed by atoms with Crippen molar-refractivity contribution in [3.8, 4) is 0 Å². The van der Waals surface area contributed by atoms with Gasteiger partial charge in [-0.1, -0.05) is 65.7 Å². The molecule has 0 fully saturated rings. The average Bonchev–Trinajstić information content (AvgIpc) is 2.80. The second-order valence-electron chi connectivity index (χ2n) is 7.40. The van der Waals surface area contributed by atoms with Gasteiger partial charge in [-0.2, -0.15) is 4.31 Å². The molecule has 174 valence electrons. The average molecular weight is 524 g/mol. The number of rotatable bonds is 9. The van der Waals surface area contributed by atoms with Crippen LogP contribution in [0, 0.1) is 0 Å². The standard InChI is InChI=1S/C24H24Cl2N2O3S2/c1-17(19-8-11-21(32-2)12-9-19)27-24(29)16-28(15-18-6-4-3-5-7-18)33(30,31)23-14-20(25)10-13-22(23)26/h3-14,17H,15-16H2,1-2H3,(H,27,29)/t17-/m1/s1. The molecule has 0 aliphatic heterocycles. The summed E-state index contributed by atoms with van der Waals surface area (Å²) in [6.45, 7) is 1.50. The van der Waals surface area contributed by atoms with Crippen molar-refractivity contribution >= 4 is 50.9 Å². The van der Waals surface area contributed by atoms with E-state index in [4.69, 9.17) is 23.2 Å². The van der Waals surface area contributed by atoms with E-state index in [1.807, 2.05) is 55.6 Å². The van der Waals surface area contributed by atoms with E-state index < -0.39 is 15.9 Å². The van der Waals surface area contributed by atoms with Gasteiger partial charge >= 0.3 is 0 Å². The van der Waals surface area contributed by atoms with Crippen LogP contribution < -0.4 is 5.32 Å². The summed E-state index contributed by atoms with van der Waals surface area (Å²) in [6.07, 6.45) is 1.99. The van der Waals surface area contributed by atoms with Crippen LogP contribution in [0.5, 0.6) is 0 Å². The summed E-state index contributed by atoms with van der Waals surface area (Å²) < 4.78 is 28.1. The molecular weight excluding hydrogens is 499 g/mol. The first kappa shape index (κ1) is 25.6. The van der Waals surface area contributed by atoms with Gasteiger partial charge in [-0.25, -0.2) is 8.42 Å². The number of halogens is 2. The smallest absolute Gasteiger partial charge is 0.245 e. The lowest BCUT2D eigenvalue weighted by Crippen LogP contribution is -2.41. The molecule has 0 bridgehead atoms. The summed E-state index contributed by atoms with van der Waals surface area (Å²) in [5.74, 6) is -0.422. The highest BCUT2D eigenvalue weighted by atomic mass is 35.5. The zero-order valence-electron chi connectivity index (χ0n) is 18.2. The van der Waals surface area contributed by atoms with Crippen LogP contribution in [-0.2, 0) is 21.4 Å². The van der Waals surface area contributed by atoms with Crippen molar-refractivity contribution in [2.45, 2.75) is 29.3 Å². The van der Waals surface area contributed by atoms with Gasteiger partial charge in [0.2, 0.25) is 15.9 Å². The maximum Gasteiger partial charge on any atom is 0.245 e. The molecule has 33 heavy (non-hydrogen) atoms. The number of hydrogen-bond acceptors (Lipinski definition) is 4.